The molecular weight excluding hydrogens is 188 g/mol. The quantitative estimate of drug-likeness (QED) is 0.261. The molecule has 0 aromatic rings. The molecule has 0 rings (SSSR count). The van der Waals surface area contributed by atoms with Crippen LogP contribution in [0.5, 0.6) is 0 Å². The van der Waals surface area contributed by atoms with Gasteiger partial charge in [0.1, 0.15) is 0 Å². The van der Waals surface area contributed by atoms with Gasteiger partial charge in [-0.05, 0) is 38.6 Å². The van der Waals surface area contributed by atoms with Crippen molar-refractivity contribution in [2.45, 2.75) is 52.2 Å². The van der Waals surface area contributed by atoms with E-state index in [9.17, 15) is 0 Å². The first-order valence-corrected chi connectivity index (χ1v) is 8.96. The van der Waals surface area contributed by atoms with Gasteiger partial charge in [0.25, 0.3) is 0 Å². The molecule has 0 saturated carbocycles. The molecule has 2 heteroatoms. The van der Waals surface area contributed by atoms with E-state index >= 15 is 0 Å². The minimum atomic E-state index is -1.36. The Morgan fingerprint density at radius 1 is 1.07 bits per heavy atom. The number of rotatable bonds is 7. The van der Waals surface area contributed by atoms with Crippen LogP contribution in [0.1, 0.15) is 32.6 Å². The Labute approximate surface area is 90.0 Å². The molecule has 0 aliphatic carbocycles. The first-order chi connectivity index (χ1) is 6.56. The Hall–Kier alpha value is -0.503. The van der Waals surface area contributed by atoms with Crippen LogP contribution >= 0.6 is 0 Å². The molecule has 0 N–H and O–H groups in total. The van der Waals surface area contributed by atoms with Crippen molar-refractivity contribution in [1.82, 2.24) is 0 Å². The summed E-state index contributed by atoms with van der Waals surface area (Å²) < 4.78 is 5.56. The lowest BCUT2D eigenvalue weighted by Gasteiger charge is -2.14. The second kappa shape index (κ2) is 7.86. The van der Waals surface area contributed by atoms with Gasteiger partial charge in [-0.1, -0.05) is 31.9 Å². The number of unbranched alkanes of at least 4 members (excludes halogenated alkanes) is 3. The molecule has 0 aromatic heterocycles. The van der Waals surface area contributed by atoms with Crippen molar-refractivity contribution >= 4 is 8.32 Å². The first kappa shape index (κ1) is 13.5. The van der Waals surface area contributed by atoms with E-state index in [0.29, 0.717) is 0 Å². The van der Waals surface area contributed by atoms with Crippen LogP contribution in [0.25, 0.3) is 0 Å². The van der Waals surface area contributed by atoms with Crippen LogP contribution in [0.4, 0.5) is 0 Å². The molecule has 14 heavy (non-hydrogen) atoms. The van der Waals surface area contributed by atoms with Gasteiger partial charge in [0.15, 0.2) is 0 Å². The average molecular weight is 212 g/mol. The standard InChI is InChI=1S/C12H24OSi/c1-5-6-7-8-9-10-11-12-13-14(2,3)4/h9-12H,5-8H2,1-4H3/b10-9+,12-11+. The Morgan fingerprint density at radius 3 is 2.36 bits per heavy atom. The highest BCUT2D eigenvalue weighted by Gasteiger charge is 2.12. The zero-order chi connectivity index (χ0) is 10.9. The molecule has 0 atom stereocenters. The lowest BCUT2D eigenvalue weighted by atomic mass is 10.2. The third kappa shape index (κ3) is 11.5. The van der Waals surface area contributed by atoms with Crippen LogP contribution in [0.3, 0.4) is 0 Å². The third-order valence-corrected chi connectivity index (χ3v) is 2.56. The van der Waals surface area contributed by atoms with Crippen molar-refractivity contribution in [3.63, 3.8) is 0 Å². The van der Waals surface area contributed by atoms with Crippen LogP contribution in [-0.2, 0) is 4.43 Å². The van der Waals surface area contributed by atoms with Crippen LogP contribution in [0.2, 0.25) is 19.6 Å². The van der Waals surface area contributed by atoms with Crippen molar-refractivity contribution < 1.29 is 4.43 Å². The SMILES string of the molecule is CCCCC/C=C/C=C/O[Si](C)(C)C. The topological polar surface area (TPSA) is 9.23 Å². The van der Waals surface area contributed by atoms with Crippen molar-refractivity contribution in [3.05, 3.63) is 24.5 Å². The fourth-order valence-electron chi connectivity index (χ4n) is 0.976. The second-order valence-corrected chi connectivity index (χ2v) is 8.94. The summed E-state index contributed by atoms with van der Waals surface area (Å²) in [5, 5.41) is 0. The summed E-state index contributed by atoms with van der Waals surface area (Å²) >= 11 is 0. The summed E-state index contributed by atoms with van der Waals surface area (Å²) in [5.41, 5.74) is 0. The molecule has 0 aromatic carbocycles. The minimum Gasteiger partial charge on any atom is -0.550 e. The van der Waals surface area contributed by atoms with Crippen LogP contribution in [0, 0.1) is 0 Å². The maximum atomic E-state index is 5.56. The normalized spacial score (nSPS) is 12.9. The Morgan fingerprint density at radius 2 is 1.79 bits per heavy atom. The van der Waals surface area contributed by atoms with Crippen LogP contribution < -0.4 is 0 Å². The fraction of sp³-hybridized carbons (Fsp3) is 0.667. The van der Waals surface area contributed by atoms with E-state index in [1.165, 1.54) is 25.7 Å². The van der Waals surface area contributed by atoms with E-state index in [-0.39, 0.29) is 0 Å². The minimum absolute atomic E-state index is 1.19. The summed E-state index contributed by atoms with van der Waals surface area (Å²) in [5.74, 6) is 0. The average Bonchev–Trinajstić information content (AvgIpc) is 2.08. The van der Waals surface area contributed by atoms with E-state index < -0.39 is 8.32 Å². The van der Waals surface area contributed by atoms with Crippen molar-refractivity contribution in [3.8, 4) is 0 Å². The van der Waals surface area contributed by atoms with E-state index in [2.05, 4.69) is 38.7 Å². The second-order valence-electron chi connectivity index (χ2n) is 4.48. The van der Waals surface area contributed by atoms with Crippen molar-refractivity contribution in [2.75, 3.05) is 0 Å². The Balaban J connectivity index is 3.42. The molecule has 0 radical (unpaired) electrons. The number of hydrogen-bond acceptors (Lipinski definition) is 1. The fourth-order valence-corrected chi connectivity index (χ4v) is 1.46. The number of allylic oxidation sites excluding steroid dienone is 3. The zero-order valence-electron chi connectivity index (χ0n) is 10.0. The maximum Gasteiger partial charge on any atom is 0.241 e. The molecule has 0 aliphatic heterocycles. The van der Waals surface area contributed by atoms with Gasteiger partial charge < -0.3 is 4.43 Å². The molecule has 0 saturated heterocycles. The highest BCUT2D eigenvalue weighted by molar-refractivity contribution is 6.69. The summed E-state index contributed by atoms with van der Waals surface area (Å²) in [6.45, 7) is 8.78. The predicted octanol–water partition coefficient (Wildman–Crippen LogP) is 4.49. The van der Waals surface area contributed by atoms with Gasteiger partial charge in [-0.2, -0.15) is 0 Å². The molecular formula is C12H24OSi. The molecule has 0 aliphatic rings. The lowest BCUT2D eigenvalue weighted by molar-refractivity contribution is 0.479. The summed E-state index contributed by atoms with van der Waals surface area (Å²) in [6.07, 6.45) is 13.2. The lowest BCUT2D eigenvalue weighted by Crippen LogP contribution is -2.21. The largest absolute Gasteiger partial charge is 0.550 e. The monoisotopic (exact) mass is 212 g/mol. The van der Waals surface area contributed by atoms with Crippen molar-refractivity contribution in [2.24, 2.45) is 0 Å². The number of hydrogen-bond donors (Lipinski definition) is 0. The van der Waals surface area contributed by atoms with Crippen molar-refractivity contribution in [1.29, 1.82) is 0 Å². The van der Waals surface area contributed by atoms with Gasteiger partial charge in [0.2, 0.25) is 8.32 Å². The van der Waals surface area contributed by atoms with E-state index in [0.717, 1.165) is 0 Å². The van der Waals surface area contributed by atoms with Gasteiger partial charge in [0.05, 0.1) is 6.26 Å². The molecule has 0 fully saturated rings. The summed E-state index contributed by atoms with van der Waals surface area (Å²) in [4.78, 5) is 0. The molecule has 0 bridgehead atoms. The van der Waals surface area contributed by atoms with Crippen LogP contribution in [-0.4, -0.2) is 8.32 Å². The van der Waals surface area contributed by atoms with Gasteiger partial charge in [-0.25, -0.2) is 0 Å². The highest BCUT2D eigenvalue weighted by atomic mass is 28.4. The molecule has 1 nitrogen and oxygen atoms in total. The third-order valence-electron chi connectivity index (χ3n) is 1.72. The van der Waals surface area contributed by atoms with E-state index in [4.69, 9.17) is 4.43 Å². The van der Waals surface area contributed by atoms with Gasteiger partial charge in [0, 0.05) is 0 Å². The predicted molar refractivity (Wildman–Crippen MR) is 66.9 cm³/mol. The van der Waals surface area contributed by atoms with Crippen LogP contribution in [0.15, 0.2) is 24.5 Å². The summed E-state index contributed by atoms with van der Waals surface area (Å²) in [7, 11) is -1.36. The van der Waals surface area contributed by atoms with E-state index in [1.54, 1.807) is 0 Å². The maximum absolute atomic E-state index is 5.56. The molecule has 0 amide bonds. The smallest absolute Gasteiger partial charge is 0.241 e. The molecule has 82 valence electrons. The Bertz CT molecular complexity index is 177. The molecule has 0 heterocycles. The molecule has 0 unspecified atom stereocenters. The highest BCUT2D eigenvalue weighted by Crippen LogP contribution is 2.03. The van der Waals surface area contributed by atoms with Gasteiger partial charge in [-0.3, -0.25) is 0 Å². The zero-order valence-corrected chi connectivity index (χ0v) is 11.0. The Kier molecular flexibility index (Phi) is 7.58. The molecule has 0 spiro atoms. The van der Waals surface area contributed by atoms with Gasteiger partial charge in [-0.15, -0.1) is 0 Å². The first-order valence-electron chi connectivity index (χ1n) is 5.56. The van der Waals surface area contributed by atoms with Gasteiger partial charge >= 0.3 is 0 Å². The van der Waals surface area contributed by atoms with E-state index in [1.807, 2.05) is 12.3 Å². The summed E-state index contributed by atoms with van der Waals surface area (Å²) in [6, 6.07) is 0.